The number of aryl methyl sites for hydroxylation is 1. The molecule has 0 unspecified atom stereocenters. The number of thiophene rings is 1. The number of carbonyl (C=O) groups is 1. The summed E-state index contributed by atoms with van der Waals surface area (Å²) < 4.78 is 10.6. The molecular weight excluding hydrogens is 376 g/mol. The molecule has 1 N–H and O–H groups in total. The normalized spacial score (nSPS) is 11.1. The lowest BCUT2D eigenvalue weighted by Gasteiger charge is -2.14. The second kappa shape index (κ2) is 7.47. The van der Waals surface area contributed by atoms with Crippen molar-refractivity contribution in [1.82, 2.24) is 20.0 Å². The lowest BCUT2D eigenvalue weighted by molar-refractivity contribution is 0.0800. The minimum absolute atomic E-state index is 0.00591. The van der Waals surface area contributed by atoms with Crippen LogP contribution >= 0.6 is 11.3 Å². The van der Waals surface area contributed by atoms with Gasteiger partial charge in [0.1, 0.15) is 11.4 Å². The fourth-order valence-corrected chi connectivity index (χ4v) is 3.78. The lowest BCUT2D eigenvalue weighted by atomic mass is 10.2. The van der Waals surface area contributed by atoms with E-state index in [1.807, 2.05) is 43.3 Å². The second-order valence-electron chi connectivity index (χ2n) is 6.54. The Balaban J connectivity index is 1.43. The van der Waals surface area contributed by atoms with E-state index in [0.717, 1.165) is 32.1 Å². The van der Waals surface area contributed by atoms with E-state index in [1.54, 1.807) is 19.1 Å². The van der Waals surface area contributed by atoms with Crippen molar-refractivity contribution < 1.29 is 14.1 Å². The standard InChI is InChI=1S/C20H20N4O3S/c1-12-4-7-17(28-12)20(25)24(2)9-8-18-22-19(27-23-18)16-10-13-5-6-14(26-3)11-15(13)21-16/h4-7,10-11,21H,8-9H2,1-3H3. The zero-order chi connectivity index (χ0) is 19.7. The Labute approximate surface area is 165 Å². The second-order valence-corrected chi connectivity index (χ2v) is 7.83. The number of carbonyl (C=O) groups excluding carboxylic acids is 1. The fraction of sp³-hybridized carbons (Fsp3) is 0.250. The van der Waals surface area contributed by atoms with Crippen LogP contribution in [0.15, 0.2) is 40.9 Å². The van der Waals surface area contributed by atoms with Crippen LogP contribution in [0.4, 0.5) is 0 Å². The molecule has 0 aliphatic heterocycles. The number of likely N-dealkylation sites (N-methyl/N-ethyl adjacent to an activating group) is 1. The van der Waals surface area contributed by atoms with Gasteiger partial charge < -0.3 is 19.1 Å². The number of nitrogens with one attached hydrogen (secondary N) is 1. The number of hydrogen-bond donors (Lipinski definition) is 1. The first-order chi connectivity index (χ1) is 13.5. The third kappa shape index (κ3) is 3.63. The Morgan fingerprint density at radius 1 is 1.29 bits per heavy atom. The van der Waals surface area contributed by atoms with Gasteiger partial charge in [-0.15, -0.1) is 11.3 Å². The summed E-state index contributed by atoms with van der Waals surface area (Å²) in [5.74, 6) is 1.77. The third-order valence-electron chi connectivity index (χ3n) is 4.50. The summed E-state index contributed by atoms with van der Waals surface area (Å²) in [7, 11) is 3.42. The summed E-state index contributed by atoms with van der Waals surface area (Å²) in [6.07, 6.45) is 0.518. The third-order valence-corrected chi connectivity index (χ3v) is 5.49. The van der Waals surface area contributed by atoms with Gasteiger partial charge in [0.05, 0.1) is 12.0 Å². The Morgan fingerprint density at radius 2 is 2.14 bits per heavy atom. The molecule has 4 aromatic rings. The minimum atomic E-state index is 0.00591. The van der Waals surface area contributed by atoms with Gasteiger partial charge in [0.15, 0.2) is 5.82 Å². The maximum Gasteiger partial charge on any atom is 0.274 e. The van der Waals surface area contributed by atoms with Gasteiger partial charge in [-0.25, -0.2) is 0 Å². The van der Waals surface area contributed by atoms with Crippen LogP contribution in [0.5, 0.6) is 5.75 Å². The Kier molecular flexibility index (Phi) is 4.87. The Bertz CT molecular complexity index is 1130. The molecule has 0 saturated carbocycles. The fourth-order valence-electron chi connectivity index (χ4n) is 2.92. The van der Waals surface area contributed by atoms with Crippen LogP contribution in [-0.4, -0.2) is 46.6 Å². The first kappa shape index (κ1) is 18.2. The quantitative estimate of drug-likeness (QED) is 0.534. The number of aromatic amines is 1. The van der Waals surface area contributed by atoms with Crippen molar-refractivity contribution in [2.24, 2.45) is 0 Å². The summed E-state index contributed by atoms with van der Waals surface area (Å²) in [5, 5.41) is 5.07. The summed E-state index contributed by atoms with van der Waals surface area (Å²) in [5.41, 5.74) is 1.69. The summed E-state index contributed by atoms with van der Waals surface area (Å²) in [6.45, 7) is 2.50. The van der Waals surface area contributed by atoms with Gasteiger partial charge in [-0.05, 0) is 37.3 Å². The van der Waals surface area contributed by atoms with Gasteiger partial charge in [0.2, 0.25) is 0 Å². The zero-order valence-electron chi connectivity index (χ0n) is 15.9. The Hall–Kier alpha value is -3.13. The van der Waals surface area contributed by atoms with Crippen molar-refractivity contribution in [3.8, 4) is 17.3 Å². The first-order valence-corrected chi connectivity index (χ1v) is 9.67. The van der Waals surface area contributed by atoms with Crippen molar-refractivity contribution >= 4 is 28.1 Å². The number of aromatic nitrogens is 3. The van der Waals surface area contributed by atoms with Crippen LogP contribution in [0.1, 0.15) is 20.4 Å². The largest absolute Gasteiger partial charge is 0.497 e. The van der Waals surface area contributed by atoms with Crippen molar-refractivity contribution in [3.63, 3.8) is 0 Å². The number of H-pyrrole nitrogens is 1. The molecule has 0 atom stereocenters. The van der Waals surface area contributed by atoms with Crippen LogP contribution in [0, 0.1) is 6.92 Å². The number of rotatable bonds is 6. The lowest BCUT2D eigenvalue weighted by Crippen LogP contribution is -2.28. The van der Waals surface area contributed by atoms with Gasteiger partial charge in [-0.1, -0.05) is 5.16 Å². The highest BCUT2D eigenvalue weighted by molar-refractivity contribution is 7.13. The zero-order valence-corrected chi connectivity index (χ0v) is 16.7. The van der Waals surface area contributed by atoms with Crippen LogP contribution in [0.25, 0.3) is 22.5 Å². The average Bonchev–Trinajstić information content (AvgIpc) is 3.43. The molecule has 7 nitrogen and oxygen atoms in total. The van der Waals surface area contributed by atoms with Crippen LogP contribution < -0.4 is 4.74 Å². The summed E-state index contributed by atoms with van der Waals surface area (Å²) in [6, 6.07) is 11.6. The molecule has 8 heteroatoms. The maximum absolute atomic E-state index is 12.4. The molecule has 0 aliphatic rings. The molecule has 0 saturated heterocycles. The van der Waals surface area contributed by atoms with Gasteiger partial charge in [0, 0.05) is 41.9 Å². The number of amides is 1. The van der Waals surface area contributed by atoms with E-state index < -0.39 is 0 Å². The summed E-state index contributed by atoms with van der Waals surface area (Å²) in [4.78, 5) is 23.7. The number of nitrogens with zero attached hydrogens (tertiary/aromatic N) is 3. The predicted octanol–water partition coefficient (Wildman–Crippen LogP) is 3.91. The smallest absolute Gasteiger partial charge is 0.274 e. The molecule has 0 radical (unpaired) electrons. The molecule has 4 rings (SSSR count). The van der Waals surface area contributed by atoms with E-state index in [1.165, 1.54) is 11.3 Å². The van der Waals surface area contributed by atoms with Crippen molar-refractivity contribution in [1.29, 1.82) is 0 Å². The van der Waals surface area contributed by atoms with E-state index in [0.29, 0.717) is 24.7 Å². The van der Waals surface area contributed by atoms with E-state index in [4.69, 9.17) is 9.26 Å². The maximum atomic E-state index is 12.4. The molecule has 28 heavy (non-hydrogen) atoms. The van der Waals surface area contributed by atoms with Crippen LogP contribution in [0.2, 0.25) is 0 Å². The molecule has 3 heterocycles. The van der Waals surface area contributed by atoms with Crippen molar-refractivity contribution in [3.05, 3.63) is 52.0 Å². The molecule has 1 aromatic carbocycles. The molecule has 0 spiro atoms. The molecule has 1 amide bonds. The van der Waals surface area contributed by atoms with E-state index >= 15 is 0 Å². The molecule has 144 valence electrons. The highest BCUT2D eigenvalue weighted by atomic mass is 32.1. The van der Waals surface area contributed by atoms with E-state index in [-0.39, 0.29) is 5.91 Å². The minimum Gasteiger partial charge on any atom is -0.497 e. The number of benzene rings is 1. The van der Waals surface area contributed by atoms with Crippen LogP contribution in [-0.2, 0) is 6.42 Å². The van der Waals surface area contributed by atoms with Crippen molar-refractivity contribution in [2.75, 3.05) is 20.7 Å². The first-order valence-electron chi connectivity index (χ1n) is 8.85. The molecular formula is C20H20N4O3S. The van der Waals surface area contributed by atoms with Gasteiger partial charge in [-0.2, -0.15) is 4.98 Å². The van der Waals surface area contributed by atoms with Crippen molar-refractivity contribution in [2.45, 2.75) is 13.3 Å². The Morgan fingerprint density at radius 3 is 2.89 bits per heavy atom. The van der Waals surface area contributed by atoms with Gasteiger partial charge in [0.25, 0.3) is 11.8 Å². The molecule has 0 bridgehead atoms. The average molecular weight is 396 g/mol. The summed E-state index contributed by atoms with van der Waals surface area (Å²) >= 11 is 1.50. The number of fused-ring (bicyclic) bond motifs is 1. The molecule has 0 aliphatic carbocycles. The number of hydrogen-bond acceptors (Lipinski definition) is 6. The highest BCUT2D eigenvalue weighted by Crippen LogP contribution is 2.26. The van der Waals surface area contributed by atoms with E-state index in [9.17, 15) is 4.79 Å². The monoisotopic (exact) mass is 396 g/mol. The molecule has 0 fully saturated rings. The molecule has 3 aromatic heterocycles. The van der Waals surface area contributed by atoms with Gasteiger partial charge in [-0.3, -0.25) is 4.79 Å². The highest BCUT2D eigenvalue weighted by Gasteiger charge is 2.16. The SMILES string of the molecule is COc1ccc2cc(-c3nc(CCN(C)C(=O)c4ccc(C)s4)no3)[nH]c2c1. The van der Waals surface area contributed by atoms with E-state index in [2.05, 4.69) is 15.1 Å². The number of methoxy groups -OCH3 is 1. The predicted molar refractivity (Wildman–Crippen MR) is 108 cm³/mol. The van der Waals surface area contributed by atoms with Crippen LogP contribution in [0.3, 0.4) is 0 Å². The van der Waals surface area contributed by atoms with Gasteiger partial charge >= 0.3 is 0 Å². The number of ether oxygens (including phenoxy) is 1. The topological polar surface area (TPSA) is 84.2 Å².